The number of carbonyl (C=O) groups excluding carboxylic acids is 1. The molecule has 3 N–H and O–H groups in total. The largest absolute Gasteiger partial charge is 0.478 e. The lowest BCUT2D eigenvalue weighted by molar-refractivity contribution is -0.116. The molecule has 2 aromatic heterocycles. The number of aromatic nitrogens is 2. The number of anilines is 1. The van der Waals surface area contributed by atoms with Gasteiger partial charge in [-0.3, -0.25) is 9.78 Å². The molecule has 38 heavy (non-hydrogen) atoms. The van der Waals surface area contributed by atoms with E-state index >= 15 is 0 Å². The first-order valence-electron chi connectivity index (χ1n) is 11.9. The molecule has 1 fully saturated rings. The SMILES string of the molecule is O=C(CCN1C(=S)N[C@H](c2ccccn2)[C@H]1c1cccn1-c1ccc(C(=O)O)cc1)Nc1ccc(F)cc1. The molecule has 0 unspecified atom stereocenters. The Kier molecular flexibility index (Phi) is 7.14. The zero-order valence-corrected chi connectivity index (χ0v) is 20.9. The van der Waals surface area contributed by atoms with E-state index < -0.39 is 5.97 Å². The van der Waals surface area contributed by atoms with E-state index in [1.165, 1.54) is 24.3 Å². The molecule has 1 amide bonds. The summed E-state index contributed by atoms with van der Waals surface area (Å²) in [6.07, 6.45) is 3.78. The summed E-state index contributed by atoms with van der Waals surface area (Å²) in [5.74, 6) is -1.59. The van der Waals surface area contributed by atoms with E-state index in [-0.39, 0.29) is 35.8 Å². The molecule has 192 valence electrons. The van der Waals surface area contributed by atoms with E-state index in [0.717, 1.165) is 17.1 Å². The molecule has 5 rings (SSSR count). The van der Waals surface area contributed by atoms with Gasteiger partial charge in [-0.05, 0) is 85.0 Å². The quantitative estimate of drug-likeness (QED) is 0.284. The maximum absolute atomic E-state index is 13.2. The Morgan fingerprint density at radius 3 is 2.47 bits per heavy atom. The van der Waals surface area contributed by atoms with Crippen molar-refractivity contribution in [3.05, 3.63) is 114 Å². The van der Waals surface area contributed by atoms with Gasteiger partial charge >= 0.3 is 5.97 Å². The number of rotatable bonds is 8. The molecule has 1 aliphatic heterocycles. The Bertz CT molecular complexity index is 1460. The van der Waals surface area contributed by atoms with Gasteiger partial charge in [0.15, 0.2) is 5.11 Å². The van der Waals surface area contributed by atoms with Crippen molar-refractivity contribution in [2.75, 3.05) is 11.9 Å². The highest BCUT2D eigenvalue weighted by Crippen LogP contribution is 2.39. The third kappa shape index (κ3) is 5.25. The fourth-order valence-corrected chi connectivity index (χ4v) is 4.91. The first-order valence-corrected chi connectivity index (χ1v) is 12.4. The number of nitrogens with zero attached hydrogens (tertiary/aromatic N) is 3. The van der Waals surface area contributed by atoms with Gasteiger partial charge in [0, 0.05) is 42.4 Å². The zero-order chi connectivity index (χ0) is 26.6. The molecule has 0 spiro atoms. The summed E-state index contributed by atoms with van der Waals surface area (Å²) < 4.78 is 15.2. The van der Waals surface area contributed by atoms with Gasteiger partial charge < -0.3 is 25.2 Å². The number of carbonyl (C=O) groups is 2. The molecule has 2 aromatic carbocycles. The summed E-state index contributed by atoms with van der Waals surface area (Å²) in [6.45, 7) is 0.329. The number of hydrogen-bond donors (Lipinski definition) is 3. The van der Waals surface area contributed by atoms with Crippen molar-refractivity contribution in [2.45, 2.75) is 18.5 Å². The van der Waals surface area contributed by atoms with Crippen LogP contribution in [0.15, 0.2) is 91.3 Å². The number of hydrogen-bond acceptors (Lipinski definition) is 4. The molecular weight excluding hydrogens is 505 g/mol. The number of pyridine rings is 1. The van der Waals surface area contributed by atoms with Gasteiger partial charge in [0.2, 0.25) is 5.91 Å². The van der Waals surface area contributed by atoms with Crippen molar-refractivity contribution in [3.63, 3.8) is 0 Å². The topological polar surface area (TPSA) is 99.5 Å². The van der Waals surface area contributed by atoms with Crippen LogP contribution in [0.25, 0.3) is 5.69 Å². The number of carboxylic acid groups (broad SMARTS) is 1. The molecule has 1 saturated heterocycles. The van der Waals surface area contributed by atoms with Crippen molar-refractivity contribution >= 4 is 34.9 Å². The van der Waals surface area contributed by atoms with Gasteiger partial charge in [-0.15, -0.1) is 0 Å². The monoisotopic (exact) mass is 529 g/mol. The maximum atomic E-state index is 13.2. The van der Waals surface area contributed by atoms with Crippen LogP contribution in [-0.4, -0.2) is 43.1 Å². The molecule has 4 aromatic rings. The predicted octanol–water partition coefficient (Wildman–Crippen LogP) is 4.71. The van der Waals surface area contributed by atoms with Gasteiger partial charge in [0.25, 0.3) is 0 Å². The Balaban J connectivity index is 1.43. The standard InChI is InChI=1S/C28H24FN5O3S/c29-19-8-10-20(11-9-19)31-24(35)14-17-34-26(25(32-28(34)38)22-4-1-2-15-30-22)23-5-3-16-33(23)21-12-6-18(7-13-21)27(36)37/h1-13,15-16,25-26H,14,17H2,(H,31,35)(H,32,38)(H,36,37)/t25-,26-/m1/s1. The van der Waals surface area contributed by atoms with Crippen molar-refractivity contribution in [3.8, 4) is 5.69 Å². The third-order valence-electron chi connectivity index (χ3n) is 6.38. The van der Waals surface area contributed by atoms with Crippen LogP contribution in [0.2, 0.25) is 0 Å². The number of thiocarbonyl (C=S) groups is 1. The summed E-state index contributed by atoms with van der Waals surface area (Å²) in [4.78, 5) is 30.6. The van der Waals surface area contributed by atoms with Gasteiger partial charge in [0.1, 0.15) is 5.82 Å². The lowest BCUT2D eigenvalue weighted by Crippen LogP contribution is -2.33. The highest BCUT2D eigenvalue weighted by atomic mass is 32.1. The third-order valence-corrected chi connectivity index (χ3v) is 6.73. The second kappa shape index (κ2) is 10.8. The number of halogens is 1. The van der Waals surface area contributed by atoms with Crippen LogP contribution in [-0.2, 0) is 4.79 Å². The Morgan fingerprint density at radius 1 is 1.03 bits per heavy atom. The van der Waals surface area contributed by atoms with Gasteiger partial charge in [-0.1, -0.05) is 6.07 Å². The van der Waals surface area contributed by atoms with Crippen LogP contribution >= 0.6 is 12.2 Å². The minimum Gasteiger partial charge on any atom is -0.478 e. The Labute approximate surface area is 223 Å². The zero-order valence-electron chi connectivity index (χ0n) is 20.1. The summed E-state index contributed by atoms with van der Waals surface area (Å²) in [7, 11) is 0. The molecule has 0 saturated carbocycles. The van der Waals surface area contributed by atoms with Crippen molar-refractivity contribution in [1.82, 2.24) is 19.8 Å². The second-order valence-corrected chi connectivity index (χ2v) is 9.17. The van der Waals surface area contributed by atoms with Gasteiger partial charge in [-0.25, -0.2) is 9.18 Å². The smallest absolute Gasteiger partial charge is 0.335 e. The summed E-state index contributed by atoms with van der Waals surface area (Å²) >= 11 is 5.71. The summed E-state index contributed by atoms with van der Waals surface area (Å²) in [6, 6.07) is 21.2. The van der Waals surface area contributed by atoms with Gasteiger partial charge in [-0.2, -0.15) is 0 Å². The molecule has 0 bridgehead atoms. The summed E-state index contributed by atoms with van der Waals surface area (Å²) in [5, 5.41) is 15.9. The normalized spacial score (nSPS) is 16.8. The van der Waals surface area contributed by atoms with Crippen LogP contribution < -0.4 is 10.6 Å². The molecule has 8 nitrogen and oxygen atoms in total. The van der Waals surface area contributed by atoms with E-state index in [0.29, 0.717) is 17.3 Å². The molecular formula is C28H24FN5O3S. The maximum Gasteiger partial charge on any atom is 0.335 e. The Morgan fingerprint density at radius 2 is 1.79 bits per heavy atom. The molecule has 0 radical (unpaired) electrons. The minimum atomic E-state index is -0.991. The number of aromatic carboxylic acids is 1. The lowest BCUT2D eigenvalue weighted by Gasteiger charge is -2.29. The van der Waals surface area contributed by atoms with Crippen molar-refractivity contribution in [1.29, 1.82) is 0 Å². The number of amides is 1. The lowest BCUT2D eigenvalue weighted by atomic mass is 10.0. The molecule has 10 heteroatoms. The van der Waals surface area contributed by atoms with Crippen LogP contribution in [0, 0.1) is 5.82 Å². The van der Waals surface area contributed by atoms with E-state index in [9.17, 15) is 19.1 Å². The van der Waals surface area contributed by atoms with Crippen molar-refractivity contribution in [2.24, 2.45) is 0 Å². The Hall–Kier alpha value is -4.57. The highest BCUT2D eigenvalue weighted by Gasteiger charge is 2.41. The summed E-state index contributed by atoms with van der Waals surface area (Å²) in [5.41, 5.74) is 3.20. The molecule has 0 aliphatic carbocycles. The fourth-order valence-electron chi connectivity index (χ4n) is 4.58. The first-order chi connectivity index (χ1) is 18.4. The van der Waals surface area contributed by atoms with Gasteiger partial charge in [0.05, 0.1) is 23.3 Å². The number of benzene rings is 2. The first kappa shape index (κ1) is 25.1. The number of nitrogens with one attached hydrogen (secondary N) is 2. The van der Waals surface area contributed by atoms with E-state index in [1.807, 2.05) is 46.0 Å². The van der Waals surface area contributed by atoms with Crippen LogP contribution in [0.3, 0.4) is 0 Å². The second-order valence-electron chi connectivity index (χ2n) is 8.78. The minimum absolute atomic E-state index is 0.151. The van der Waals surface area contributed by atoms with E-state index in [2.05, 4.69) is 15.6 Å². The molecule has 1 aliphatic rings. The van der Waals surface area contributed by atoms with Crippen molar-refractivity contribution < 1.29 is 19.1 Å². The number of carboxylic acids is 1. The highest BCUT2D eigenvalue weighted by molar-refractivity contribution is 7.80. The average molecular weight is 530 g/mol. The molecule has 3 heterocycles. The predicted molar refractivity (Wildman–Crippen MR) is 145 cm³/mol. The van der Waals surface area contributed by atoms with Crippen LogP contribution in [0.1, 0.15) is 40.3 Å². The van der Waals surface area contributed by atoms with E-state index in [4.69, 9.17) is 12.2 Å². The van der Waals surface area contributed by atoms with Crippen LogP contribution in [0.5, 0.6) is 0 Å². The average Bonchev–Trinajstić information content (AvgIpc) is 3.53. The molecule has 2 atom stereocenters. The van der Waals surface area contributed by atoms with Crippen LogP contribution in [0.4, 0.5) is 10.1 Å². The fraction of sp³-hybridized carbons (Fsp3) is 0.143. The van der Waals surface area contributed by atoms with E-state index in [1.54, 1.807) is 30.5 Å².